The van der Waals surface area contributed by atoms with Crippen LogP contribution in [0.4, 0.5) is 0 Å². The number of rotatable bonds is 4. The topological polar surface area (TPSA) is 50.2 Å². The van der Waals surface area contributed by atoms with E-state index in [2.05, 4.69) is 18.8 Å². The number of hydrogen-bond acceptors (Lipinski definition) is 4. The molecule has 5 heteroatoms. The summed E-state index contributed by atoms with van der Waals surface area (Å²) in [5.74, 6) is 0.823. The fraction of sp³-hybridized carbons (Fsp3) is 0.667. The summed E-state index contributed by atoms with van der Waals surface area (Å²) in [7, 11) is 0. The van der Waals surface area contributed by atoms with Crippen molar-refractivity contribution in [3.63, 3.8) is 0 Å². The van der Waals surface area contributed by atoms with Gasteiger partial charge in [-0.3, -0.25) is 4.79 Å². The maximum absolute atomic E-state index is 10.5. The molecule has 0 saturated carbocycles. The highest BCUT2D eigenvalue weighted by Crippen LogP contribution is 2.36. The van der Waals surface area contributed by atoms with E-state index in [1.54, 1.807) is 11.3 Å². The molecule has 1 atom stereocenters. The molecule has 2 rings (SSSR count). The van der Waals surface area contributed by atoms with Crippen LogP contribution in [0.5, 0.6) is 0 Å². The first-order chi connectivity index (χ1) is 8.06. The van der Waals surface area contributed by atoms with E-state index in [4.69, 9.17) is 5.11 Å². The Morgan fingerprint density at radius 1 is 1.65 bits per heavy atom. The summed E-state index contributed by atoms with van der Waals surface area (Å²) in [6.07, 6.45) is 3.40. The summed E-state index contributed by atoms with van der Waals surface area (Å²) >= 11 is 3.03. The molecule has 0 aromatic carbocycles. The molecule has 1 heterocycles. The largest absolute Gasteiger partial charge is 0.481 e. The molecule has 0 saturated heterocycles. The van der Waals surface area contributed by atoms with Crippen LogP contribution in [0.2, 0.25) is 0 Å². The predicted molar refractivity (Wildman–Crippen MR) is 70.8 cm³/mol. The van der Waals surface area contributed by atoms with E-state index in [-0.39, 0.29) is 5.75 Å². The average molecular weight is 271 g/mol. The molecular weight excluding hydrogens is 254 g/mol. The average Bonchev–Trinajstić information content (AvgIpc) is 2.67. The molecule has 3 nitrogen and oxygen atoms in total. The molecular formula is C12H17NO2S2. The number of aromatic nitrogens is 1. The van der Waals surface area contributed by atoms with Crippen LogP contribution in [-0.2, 0) is 17.6 Å². The van der Waals surface area contributed by atoms with Crippen molar-refractivity contribution in [2.24, 2.45) is 11.8 Å². The molecule has 1 aromatic heterocycles. The number of fused-ring (bicyclic) bond motifs is 1. The van der Waals surface area contributed by atoms with Gasteiger partial charge in [-0.1, -0.05) is 25.6 Å². The summed E-state index contributed by atoms with van der Waals surface area (Å²) in [5.41, 5.74) is 1.21. The Labute approximate surface area is 110 Å². The van der Waals surface area contributed by atoms with Gasteiger partial charge in [-0.05, 0) is 31.1 Å². The van der Waals surface area contributed by atoms with Crippen molar-refractivity contribution in [2.75, 3.05) is 5.75 Å². The quantitative estimate of drug-likeness (QED) is 0.855. The van der Waals surface area contributed by atoms with Gasteiger partial charge < -0.3 is 5.11 Å². The first kappa shape index (κ1) is 12.9. The summed E-state index contributed by atoms with van der Waals surface area (Å²) in [5, 5.41) is 8.65. The predicted octanol–water partition coefficient (Wildman–Crippen LogP) is 3.08. The lowest BCUT2D eigenvalue weighted by Crippen LogP contribution is -2.17. The third-order valence-corrected chi connectivity index (χ3v) is 5.47. The van der Waals surface area contributed by atoms with Gasteiger partial charge in [0.1, 0.15) is 0 Å². The Bertz CT molecular complexity index is 415. The van der Waals surface area contributed by atoms with Gasteiger partial charge in [-0.2, -0.15) is 0 Å². The molecule has 0 fully saturated rings. The summed E-state index contributed by atoms with van der Waals surface area (Å²) in [6, 6.07) is 0. The van der Waals surface area contributed by atoms with Crippen molar-refractivity contribution in [2.45, 2.75) is 37.4 Å². The van der Waals surface area contributed by atoms with E-state index < -0.39 is 5.97 Å². The lowest BCUT2D eigenvalue weighted by atomic mass is 9.83. The van der Waals surface area contributed by atoms with Gasteiger partial charge in [0.05, 0.1) is 11.4 Å². The fourth-order valence-electron chi connectivity index (χ4n) is 2.13. The number of carboxylic acids is 1. The molecule has 1 aliphatic carbocycles. The van der Waals surface area contributed by atoms with E-state index >= 15 is 0 Å². The van der Waals surface area contributed by atoms with Crippen LogP contribution < -0.4 is 0 Å². The minimum Gasteiger partial charge on any atom is -0.481 e. The number of nitrogens with zero attached hydrogens (tertiary/aromatic N) is 1. The van der Waals surface area contributed by atoms with Crippen molar-refractivity contribution in [1.82, 2.24) is 4.98 Å². The number of hydrogen-bond donors (Lipinski definition) is 1. The Morgan fingerprint density at radius 2 is 2.41 bits per heavy atom. The Hall–Kier alpha value is -0.550. The smallest absolute Gasteiger partial charge is 0.313 e. The second-order valence-corrected chi connectivity index (χ2v) is 7.09. The minimum absolute atomic E-state index is 0.111. The molecule has 0 amide bonds. The molecule has 0 spiro atoms. The Balaban J connectivity index is 2.04. The van der Waals surface area contributed by atoms with E-state index in [9.17, 15) is 4.79 Å². The molecule has 1 unspecified atom stereocenters. The van der Waals surface area contributed by atoms with Gasteiger partial charge in [0, 0.05) is 4.88 Å². The van der Waals surface area contributed by atoms with Gasteiger partial charge in [-0.15, -0.1) is 11.3 Å². The first-order valence-electron chi connectivity index (χ1n) is 5.89. The Morgan fingerprint density at radius 3 is 3.06 bits per heavy atom. The van der Waals surface area contributed by atoms with Gasteiger partial charge >= 0.3 is 5.97 Å². The number of thiazole rings is 1. The number of thioether (sulfide) groups is 1. The van der Waals surface area contributed by atoms with Crippen LogP contribution in [0.15, 0.2) is 4.34 Å². The molecule has 1 N–H and O–H groups in total. The van der Waals surface area contributed by atoms with Crippen molar-refractivity contribution < 1.29 is 9.90 Å². The lowest BCUT2D eigenvalue weighted by molar-refractivity contribution is -0.133. The summed E-state index contributed by atoms with van der Waals surface area (Å²) in [6.45, 7) is 4.55. The highest BCUT2D eigenvalue weighted by molar-refractivity contribution is 8.01. The van der Waals surface area contributed by atoms with Crippen LogP contribution in [-0.4, -0.2) is 21.8 Å². The normalized spacial score (nSPS) is 19.4. The standard InChI is InChI=1S/C12H17NO2S2/c1-7(2)8-3-4-9-10(5-8)17-12(13-9)16-6-11(14)15/h7-8H,3-6H2,1-2H3,(H,14,15). The highest BCUT2D eigenvalue weighted by Gasteiger charge is 2.24. The SMILES string of the molecule is CC(C)C1CCc2nc(SCC(=O)O)sc2C1. The van der Waals surface area contributed by atoms with Crippen LogP contribution >= 0.6 is 23.1 Å². The molecule has 1 aliphatic rings. The second-order valence-electron chi connectivity index (χ2n) is 4.78. The van der Waals surface area contributed by atoms with Crippen molar-refractivity contribution in [3.8, 4) is 0 Å². The van der Waals surface area contributed by atoms with E-state index in [0.29, 0.717) is 0 Å². The third kappa shape index (κ3) is 3.22. The number of aryl methyl sites for hydroxylation is 1. The second kappa shape index (κ2) is 5.40. The van der Waals surface area contributed by atoms with Gasteiger partial charge in [0.2, 0.25) is 0 Å². The summed E-state index contributed by atoms with van der Waals surface area (Å²) in [4.78, 5) is 16.4. The van der Waals surface area contributed by atoms with Crippen molar-refractivity contribution in [1.29, 1.82) is 0 Å². The monoisotopic (exact) mass is 271 g/mol. The van der Waals surface area contributed by atoms with Crippen LogP contribution in [0.3, 0.4) is 0 Å². The van der Waals surface area contributed by atoms with Crippen LogP contribution in [0.1, 0.15) is 30.8 Å². The van der Waals surface area contributed by atoms with Crippen molar-refractivity contribution >= 4 is 29.1 Å². The van der Waals surface area contributed by atoms with Gasteiger partial charge in [0.15, 0.2) is 4.34 Å². The van der Waals surface area contributed by atoms with Gasteiger partial charge in [0.25, 0.3) is 0 Å². The molecule has 0 radical (unpaired) electrons. The van der Waals surface area contributed by atoms with E-state index in [1.165, 1.54) is 28.8 Å². The number of carboxylic acid groups (broad SMARTS) is 1. The summed E-state index contributed by atoms with van der Waals surface area (Å²) < 4.78 is 0.918. The maximum atomic E-state index is 10.5. The first-order valence-corrected chi connectivity index (χ1v) is 7.69. The van der Waals surface area contributed by atoms with E-state index in [1.807, 2.05) is 0 Å². The Kier molecular flexibility index (Phi) is 4.09. The number of carbonyl (C=O) groups is 1. The fourth-order valence-corrected chi connectivity index (χ4v) is 4.20. The third-order valence-electron chi connectivity index (χ3n) is 3.22. The zero-order chi connectivity index (χ0) is 12.4. The number of aliphatic carboxylic acids is 1. The van der Waals surface area contributed by atoms with Crippen LogP contribution in [0, 0.1) is 11.8 Å². The highest BCUT2D eigenvalue weighted by atomic mass is 32.2. The zero-order valence-corrected chi connectivity index (χ0v) is 11.7. The van der Waals surface area contributed by atoms with Gasteiger partial charge in [-0.25, -0.2) is 4.98 Å². The van der Waals surface area contributed by atoms with Crippen molar-refractivity contribution in [3.05, 3.63) is 10.6 Å². The van der Waals surface area contributed by atoms with Crippen LogP contribution in [0.25, 0.3) is 0 Å². The minimum atomic E-state index is -0.775. The molecule has 94 valence electrons. The molecule has 0 bridgehead atoms. The molecule has 1 aromatic rings. The zero-order valence-electron chi connectivity index (χ0n) is 10.1. The maximum Gasteiger partial charge on any atom is 0.313 e. The molecule has 0 aliphatic heterocycles. The lowest BCUT2D eigenvalue weighted by Gasteiger charge is -2.24. The van der Waals surface area contributed by atoms with E-state index in [0.717, 1.165) is 29.0 Å². The molecule has 17 heavy (non-hydrogen) atoms.